The number of benzene rings is 1. The molecule has 148 valence electrons. The van der Waals surface area contributed by atoms with E-state index in [2.05, 4.69) is 19.0 Å². The molecule has 1 heterocycles. The van der Waals surface area contributed by atoms with Crippen LogP contribution in [0.15, 0.2) is 22.7 Å². The Morgan fingerprint density at radius 1 is 1.11 bits per heavy atom. The molecule has 0 N–H and O–H groups in total. The smallest absolute Gasteiger partial charge is 0.222 e. The highest BCUT2D eigenvalue weighted by atomic mass is 16.5. The number of carbonyl (C=O) groups excluding carboxylic acids is 1. The fourth-order valence-corrected chi connectivity index (χ4v) is 2.86. The highest BCUT2D eigenvalue weighted by Gasteiger charge is 2.19. The molecular weight excluding hydrogens is 348 g/mol. The van der Waals surface area contributed by atoms with E-state index in [0.29, 0.717) is 54.1 Å². The molecule has 0 saturated heterocycles. The zero-order valence-corrected chi connectivity index (χ0v) is 16.9. The standard InChI is InChI=1S/C20H28N2O5/c1-7-19(23)22(11-13(2)3)12-15-10-16(27-21-15)14-8-17(24-4)20(26-6)18(9-14)25-5/h8-10,13H,7,11-12H2,1-6H3. The van der Waals surface area contributed by atoms with Gasteiger partial charge in [0.1, 0.15) is 5.69 Å². The van der Waals surface area contributed by atoms with Crippen molar-refractivity contribution >= 4 is 5.91 Å². The molecule has 0 radical (unpaired) electrons. The fraction of sp³-hybridized carbons (Fsp3) is 0.500. The summed E-state index contributed by atoms with van der Waals surface area (Å²) >= 11 is 0. The molecule has 0 saturated carbocycles. The molecule has 0 spiro atoms. The molecule has 1 aromatic carbocycles. The third-order valence-electron chi connectivity index (χ3n) is 4.10. The first-order valence-corrected chi connectivity index (χ1v) is 8.97. The third-order valence-corrected chi connectivity index (χ3v) is 4.10. The molecule has 0 aliphatic rings. The summed E-state index contributed by atoms with van der Waals surface area (Å²) in [4.78, 5) is 14.0. The largest absolute Gasteiger partial charge is 0.493 e. The molecule has 1 aromatic heterocycles. The van der Waals surface area contributed by atoms with Gasteiger partial charge in [0.05, 0.1) is 27.9 Å². The Hall–Kier alpha value is -2.70. The summed E-state index contributed by atoms with van der Waals surface area (Å²) in [6.07, 6.45) is 0.463. The predicted octanol–water partition coefficient (Wildman–Crippen LogP) is 3.76. The quantitative estimate of drug-likeness (QED) is 0.663. The number of hydrogen-bond donors (Lipinski definition) is 0. The molecule has 0 aliphatic carbocycles. The average Bonchev–Trinajstić information content (AvgIpc) is 3.13. The van der Waals surface area contributed by atoms with E-state index in [-0.39, 0.29) is 5.91 Å². The van der Waals surface area contributed by atoms with Crippen LogP contribution in [-0.2, 0) is 11.3 Å². The number of rotatable bonds is 9. The molecule has 0 atom stereocenters. The lowest BCUT2D eigenvalue weighted by molar-refractivity contribution is -0.132. The first-order valence-electron chi connectivity index (χ1n) is 8.97. The van der Waals surface area contributed by atoms with Crippen LogP contribution in [0.25, 0.3) is 11.3 Å². The topological polar surface area (TPSA) is 74.0 Å². The van der Waals surface area contributed by atoms with Crippen molar-refractivity contribution in [2.45, 2.75) is 33.7 Å². The summed E-state index contributed by atoms with van der Waals surface area (Å²) in [7, 11) is 4.68. The van der Waals surface area contributed by atoms with E-state index in [9.17, 15) is 4.79 Å². The monoisotopic (exact) mass is 376 g/mol. The van der Waals surface area contributed by atoms with Gasteiger partial charge < -0.3 is 23.6 Å². The maximum absolute atomic E-state index is 12.2. The highest BCUT2D eigenvalue weighted by molar-refractivity contribution is 5.75. The van der Waals surface area contributed by atoms with Crippen molar-refractivity contribution in [3.8, 4) is 28.6 Å². The minimum Gasteiger partial charge on any atom is -0.493 e. The van der Waals surface area contributed by atoms with Crippen LogP contribution in [-0.4, -0.2) is 43.8 Å². The van der Waals surface area contributed by atoms with Crippen LogP contribution in [0.4, 0.5) is 0 Å². The zero-order chi connectivity index (χ0) is 20.0. The molecular formula is C20H28N2O5. The molecule has 0 bridgehead atoms. The predicted molar refractivity (Wildman–Crippen MR) is 102 cm³/mol. The Balaban J connectivity index is 2.30. The number of amides is 1. The number of hydrogen-bond acceptors (Lipinski definition) is 6. The Labute approximate surface area is 160 Å². The molecule has 0 aliphatic heterocycles. The number of nitrogens with zero attached hydrogens (tertiary/aromatic N) is 2. The second kappa shape index (κ2) is 9.30. The van der Waals surface area contributed by atoms with Gasteiger partial charge in [0.25, 0.3) is 0 Å². The van der Waals surface area contributed by atoms with Crippen LogP contribution in [0, 0.1) is 5.92 Å². The van der Waals surface area contributed by atoms with Gasteiger partial charge in [-0.1, -0.05) is 25.9 Å². The molecule has 2 rings (SSSR count). The molecule has 0 fully saturated rings. The molecule has 1 amide bonds. The van der Waals surface area contributed by atoms with Gasteiger partial charge in [0.15, 0.2) is 17.3 Å². The van der Waals surface area contributed by atoms with E-state index in [1.807, 2.05) is 17.9 Å². The van der Waals surface area contributed by atoms with Crippen molar-refractivity contribution < 1.29 is 23.5 Å². The van der Waals surface area contributed by atoms with E-state index in [0.717, 1.165) is 5.56 Å². The Bertz CT molecular complexity index is 744. The van der Waals surface area contributed by atoms with Crippen LogP contribution in [0.3, 0.4) is 0 Å². The van der Waals surface area contributed by atoms with Gasteiger partial charge in [-0.25, -0.2) is 0 Å². The first-order chi connectivity index (χ1) is 12.9. The lowest BCUT2D eigenvalue weighted by atomic mass is 10.1. The van der Waals surface area contributed by atoms with Crippen molar-refractivity contribution in [2.75, 3.05) is 27.9 Å². The normalized spacial score (nSPS) is 10.8. The van der Waals surface area contributed by atoms with E-state index in [1.165, 1.54) is 0 Å². The third kappa shape index (κ3) is 4.93. The van der Waals surface area contributed by atoms with Gasteiger partial charge in [0, 0.05) is 24.6 Å². The molecule has 27 heavy (non-hydrogen) atoms. The van der Waals surface area contributed by atoms with E-state index in [1.54, 1.807) is 33.5 Å². The van der Waals surface area contributed by atoms with Crippen molar-refractivity contribution in [2.24, 2.45) is 5.92 Å². The number of carbonyl (C=O) groups is 1. The summed E-state index contributed by atoms with van der Waals surface area (Å²) in [5.74, 6) is 2.63. The molecule has 0 unspecified atom stereocenters. The maximum atomic E-state index is 12.2. The van der Waals surface area contributed by atoms with Gasteiger partial charge in [-0.05, 0) is 18.1 Å². The Morgan fingerprint density at radius 2 is 1.74 bits per heavy atom. The van der Waals surface area contributed by atoms with Crippen molar-refractivity contribution in [3.63, 3.8) is 0 Å². The van der Waals surface area contributed by atoms with Crippen LogP contribution in [0.5, 0.6) is 17.2 Å². The summed E-state index contributed by atoms with van der Waals surface area (Å²) in [6, 6.07) is 5.43. The highest BCUT2D eigenvalue weighted by Crippen LogP contribution is 2.41. The molecule has 7 nitrogen and oxygen atoms in total. The SMILES string of the molecule is CCC(=O)N(Cc1cc(-c2cc(OC)c(OC)c(OC)c2)on1)CC(C)C. The molecule has 7 heteroatoms. The maximum Gasteiger partial charge on any atom is 0.222 e. The van der Waals surface area contributed by atoms with Crippen LogP contribution in [0.1, 0.15) is 32.9 Å². The summed E-state index contributed by atoms with van der Waals surface area (Å²) in [5, 5.41) is 4.13. The second-order valence-corrected chi connectivity index (χ2v) is 6.62. The van der Waals surface area contributed by atoms with E-state index in [4.69, 9.17) is 18.7 Å². The fourth-order valence-electron chi connectivity index (χ4n) is 2.86. The zero-order valence-electron chi connectivity index (χ0n) is 16.9. The van der Waals surface area contributed by atoms with Crippen LogP contribution < -0.4 is 14.2 Å². The summed E-state index contributed by atoms with van der Waals surface area (Å²) < 4.78 is 21.6. The van der Waals surface area contributed by atoms with Gasteiger partial charge in [-0.2, -0.15) is 0 Å². The Kier molecular flexibility index (Phi) is 7.10. The summed E-state index contributed by atoms with van der Waals surface area (Å²) in [6.45, 7) is 7.12. The van der Waals surface area contributed by atoms with E-state index >= 15 is 0 Å². The van der Waals surface area contributed by atoms with Crippen molar-refractivity contribution in [3.05, 3.63) is 23.9 Å². The summed E-state index contributed by atoms with van der Waals surface area (Å²) in [5.41, 5.74) is 1.45. The van der Waals surface area contributed by atoms with Crippen molar-refractivity contribution in [1.29, 1.82) is 0 Å². The minimum absolute atomic E-state index is 0.0982. The van der Waals surface area contributed by atoms with Gasteiger partial charge in [0.2, 0.25) is 11.7 Å². The van der Waals surface area contributed by atoms with Crippen LogP contribution >= 0.6 is 0 Å². The van der Waals surface area contributed by atoms with Crippen LogP contribution in [0.2, 0.25) is 0 Å². The number of aromatic nitrogens is 1. The van der Waals surface area contributed by atoms with E-state index < -0.39 is 0 Å². The first kappa shape index (κ1) is 20.6. The average molecular weight is 376 g/mol. The molecule has 2 aromatic rings. The lowest BCUT2D eigenvalue weighted by Gasteiger charge is -2.22. The minimum atomic E-state index is 0.0982. The number of ether oxygens (including phenoxy) is 3. The van der Waals surface area contributed by atoms with Gasteiger partial charge in [-0.3, -0.25) is 4.79 Å². The second-order valence-electron chi connectivity index (χ2n) is 6.62. The number of methoxy groups -OCH3 is 3. The van der Waals surface area contributed by atoms with Gasteiger partial charge >= 0.3 is 0 Å². The lowest BCUT2D eigenvalue weighted by Crippen LogP contribution is -2.33. The van der Waals surface area contributed by atoms with Gasteiger partial charge in [-0.15, -0.1) is 0 Å². The Morgan fingerprint density at radius 3 is 2.22 bits per heavy atom. The van der Waals surface area contributed by atoms with Crippen molar-refractivity contribution in [1.82, 2.24) is 10.1 Å².